The maximum Gasteiger partial charge on any atom is 0.240 e. The van der Waals surface area contributed by atoms with Gasteiger partial charge >= 0.3 is 0 Å². The second-order valence-electron chi connectivity index (χ2n) is 4.69. The van der Waals surface area contributed by atoms with Crippen LogP contribution >= 0.6 is 0 Å². The third-order valence-corrected chi connectivity index (χ3v) is 3.17. The van der Waals surface area contributed by atoms with Gasteiger partial charge < -0.3 is 4.42 Å². The summed E-state index contributed by atoms with van der Waals surface area (Å²) in [5.41, 5.74) is 4.96. The first kappa shape index (κ1) is 12.3. The molecule has 0 unspecified atom stereocenters. The summed E-state index contributed by atoms with van der Waals surface area (Å²) in [5.74, 6) is 0.521. The van der Waals surface area contributed by atoms with Crippen molar-refractivity contribution in [2.45, 2.75) is 13.8 Å². The molecule has 20 heavy (non-hydrogen) atoms. The van der Waals surface area contributed by atoms with Gasteiger partial charge in [0.2, 0.25) is 12.0 Å². The van der Waals surface area contributed by atoms with Crippen molar-refractivity contribution in [2.24, 2.45) is 4.99 Å². The molecule has 0 aliphatic carbocycles. The lowest BCUT2D eigenvalue weighted by atomic mass is 10.1. The molecular weight excluding hydrogens is 252 g/mol. The molecule has 0 saturated carbocycles. The Morgan fingerprint density at radius 1 is 1.15 bits per heavy atom. The highest BCUT2D eigenvalue weighted by Crippen LogP contribution is 2.29. The summed E-state index contributed by atoms with van der Waals surface area (Å²) in [6.45, 7) is 3.89. The fraction of sp³-hybridized carbons (Fsp3) is 0.125. The van der Waals surface area contributed by atoms with Crippen molar-refractivity contribution in [2.75, 3.05) is 0 Å². The van der Waals surface area contributed by atoms with Crippen molar-refractivity contribution >= 4 is 22.9 Å². The number of nitrogens with zero attached hydrogens (tertiary/aromatic N) is 2. The van der Waals surface area contributed by atoms with Gasteiger partial charge in [0.05, 0.1) is 5.69 Å². The normalized spacial score (nSPS) is 10.5. The van der Waals surface area contributed by atoms with E-state index in [4.69, 9.17) is 4.42 Å². The van der Waals surface area contributed by atoms with E-state index in [0.717, 1.165) is 27.8 Å². The highest BCUT2D eigenvalue weighted by atomic mass is 16.3. The predicted molar refractivity (Wildman–Crippen MR) is 76.7 cm³/mol. The maximum absolute atomic E-state index is 10.4. The van der Waals surface area contributed by atoms with E-state index in [1.807, 2.05) is 44.2 Å². The van der Waals surface area contributed by atoms with Crippen LogP contribution in [0.2, 0.25) is 0 Å². The highest BCUT2D eigenvalue weighted by Gasteiger charge is 2.09. The smallest absolute Gasteiger partial charge is 0.240 e. The SMILES string of the molecule is Cc1ccc2nc(-c3ccc(C)c(N=C=O)c3)oc2c1. The van der Waals surface area contributed by atoms with Gasteiger partial charge in [-0.2, -0.15) is 4.99 Å². The van der Waals surface area contributed by atoms with Gasteiger partial charge in [0, 0.05) is 5.56 Å². The van der Waals surface area contributed by atoms with E-state index in [-0.39, 0.29) is 0 Å². The summed E-state index contributed by atoms with van der Waals surface area (Å²) < 4.78 is 5.76. The summed E-state index contributed by atoms with van der Waals surface area (Å²) in [6, 6.07) is 11.4. The minimum absolute atomic E-state index is 0.521. The van der Waals surface area contributed by atoms with Crippen molar-refractivity contribution in [3.8, 4) is 11.5 Å². The second-order valence-corrected chi connectivity index (χ2v) is 4.69. The molecule has 0 saturated heterocycles. The lowest BCUT2D eigenvalue weighted by molar-refractivity contribution is 0.565. The van der Waals surface area contributed by atoms with Crippen molar-refractivity contribution < 1.29 is 9.21 Å². The van der Waals surface area contributed by atoms with Crippen LogP contribution in [0.15, 0.2) is 45.8 Å². The van der Waals surface area contributed by atoms with Crippen LogP contribution in [-0.2, 0) is 4.79 Å². The topological polar surface area (TPSA) is 55.5 Å². The quantitative estimate of drug-likeness (QED) is 0.517. The molecule has 0 N–H and O–H groups in total. The molecule has 98 valence electrons. The Kier molecular flexibility index (Phi) is 2.93. The van der Waals surface area contributed by atoms with Crippen LogP contribution in [0.25, 0.3) is 22.6 Å². The van der Waals surface area contributed by atoms with Crippen molar-refractivity contribution in [1.29, 1.82) is 0 Å². The fourth-order valence-corrected chi connectivity index (χ4v) is 2.07. The number of rotatable bonds is 2. The molecule has 0 spiro atoms. The Hall–Kier alpha value is -2.71. The van der Waals surface area contributed by atoms with Gasteiger partial charge in [-0.3, -0.25) is 0 Å². The monoisotopic (exact) mass is 264 g/mol. The number of aliphatic imine (C=N–C) groups is 1. The van der Waals surface area contributed by atoms with Crippen molar-refractivity contribution in [1.82, 2.24) is 4.98 Å². The van der Waals surface area contributed by atoms with Crippen LogP contribution in [0.3, 0.4) is 0 Å². The van der Waals surface area contributed by atoms with Crippen LogP contribution in [-0.4, -0.2) is 11.1 Å². The first-order valence-corrected chi connectivity index (χ1v) is 6.23. The summed E-state index contributed by atoms with van der Waals surface area (Å²) in [4.78, 5) is 18.6. The molecule has 1 aromatic heterocycles. The van der Waals surface area contributed by atoms with Crippen LogP contribution in [0, 0.1) is 13.8 Å². The zero-order valence-corrected chi connectivity index (χ0v) is 11.2. The minimum atomic E-state index is 0.521. The summed E-state index contributed by atoms with van der Waals surface area (Å²) in [6.07, 6.45) is 1.56. The molecule has 2 aromatic carbocycles. The largest absolute Gasteiger partial charge is 0.436 e. The number of hydrogen-bond acceptors (Lipinski definition) is 4. The van der Waals surface area contributed by atoms with Gasteiger partial charge in [-0.05, 0) is 49.2 Å². The highest BCUT2D eigenvalue weighted by molar-refractivity contribution is 5.77. The third-order valence-electron chi connectivity index (χ3n) is 3.17. The Morgan fingerprint density at radius 2 is 2.00 bits per heavy atom. The standard InChI is InChI=1S/C16H12N2O2/c1-10-3-6-13-15(7-10)20-16(18-13)12-5-4-11(2)14(8-12)17-9-19/h3-8H,1-2H3. The molecule has 1 heterocycles. The van der Waals surface area contributed by atoms with Gasteiger partial charge in [-0.1, -0.05) is 12.1 Å². The molecule has 0 amide bonds. The van der Waals surface area contributed by atoms with Gasteiger partial charge in [0.1, 0.15) is 5.52 Å². The summed E-state index contributed by atoms with van der Waals surface area (Å²) in [5, 5.41) is 0. The van der Waals surface area contributed by atoms with Gasteiger partial charge in [-0.25, -0.2) is 9.78 Å². The molecule has 0 fully saturated rings. The van der Waals surface area contributed by atoms with Crippen LogP contribution in [0.1, 0.15) is 11.1 Å². The Balaban J connectivity index is 2.15. The number of carbonyl (C=O) groups excluding carboxylic acids is 1. The number of oxazole rings is 1. The van der Waals surface area contributed by atoms with E-state index in [1.165, 1.54) is 0 Å². The zero-order chi connectivity index (χ0) is 14.1. The van der Waals surface area contributed by atoms with Crippen molar-refractivity contribution in [3.63, 3.8) is 0 Å². The van der Waals surface area contributed by atoms with E-state index >= 15 is 0 Å². The van der Waals surface area contributed by atoms with E-state index in [2.05, 4.69) is 9.98 Å². The Labute approximate surface area is 115 Å². The molecule has 0 bridgehead atoms. The molecule has 3 aromatic rings. The van der Waals surface area contributed by atoms with E-state index in [9.17, 15) is 4.79 Å². The molecule has 0 aliphatic rings. The average Bonchev–Trinajstić information content (AvgIpc) is 2.84. The van der Waals surface area contributed by atoms with Gasteiger partial charge in [0.15, 0.2) is 5.58 Å². The maximum atomic E-state index is 10.4. The summed E-state index contributed by atoms with van der Waals surface area (Å²) in [7, 11) is 0. The Bertz CT molecular complexity index is 843. The number of benzene rings is 2. The van der Waals surface area contributed by atoms with Crippen LogP contribution in [0.4, 0.5) is 5.69 Å². The number of aryl methyl sites for hydroxylation is 2. The van der Waals surface area contributed by atoms with E-state index in [0.29, 0.717) is 11.6 Å². The van der Waals surface area contributed by atoms with Gasteiger partial charge in [0.25, 0.3) is 0 Å². The van der Waals surface area contributed by atoms with Crippen LogP contribution < -0.4 is 0 Å². The lowest BCUT2D eigenvalue weighted by Gasteiger charge is -2.00. The van der Waals surface area contributed by atoms with Crippen LogP contribution in [0.5, 0.6) is 0 Å². The predicted octanol–water partition coefficient (Wildman–Crippen LogP) is 4.08. The summed E-state index contributed by atoms with van der Waals surface area (Å²) >= 11 is 0. The number of isocyanates is 1. The minimum Gasteiger partial charge on any atom is -0.436 e. The van der Waals surface area contributed by atoms with E-state index in [1.54, 1.807) is 12.1 Å². The Morgan fingerprint density at radius 3 is 2.80 bits per heavy atom. The van der Waals surface area contributed by atoms with Crippen molar-refractivity contribution in [3.05, 3.63) is 47.5 Å². The molecule has 4 nitrogen and oxygen atoms in total. The molecule has 4 heteroatoms. The average molecular weight is 264 g/mol. The first-order valence-electron chi connectivity index (χ1n) is 6.23. The molecule has 0 radical (unpaired) electrons. The molecule has 0 atom stereocenters. The zero-order valence-electron chi connectivity index (χ0n) is 11.2. The fourth-order valence-electron chi connectivity index (χ4n) is 2.07. The second kappa shape index (κ2) is 4.76. The number of aromatic nitrogens is 1. The molecule has 0 aliphatic heterocycles. The number of fused-ring (bicyclic) bond motifs is 1. The first-order chi connectivity index (χ1) is 9.67. The molecular formula is C16H12N2O2. The van der Waals surface area contributed by atoms with E-state index < -0.39 is 0 Å². The molecule has 3 rings (SSSR count). The van der Waals surface area contributed by atoms with Gasteiger partial charge in [-0.15, -0.1) is 0 Å². The lowest BCUT2D eigenvalue weighted by Crippen LogP contribution is -1.80. The third kappa shape index (κ3) is 2.13. The number of hydrogen-bond donors (Lipinski definition) is 0.